The average molecular weight is 320 g/mol. The second-order valence-electron chi connectivity index (χ2n) is 4.47. The van der Waals surface area contributed by atoms with E-state index in [0.717, 1.165) is 27.5 Å². The Morgan fingerprint density at radius 1 is 0.864 bits per heavy atom. The third kappa shape index (κ3) is 4.16. The van der Waals surface area contributed by atoms with Crippen LogP contribution in [-0.2, 0) is 9.47 Å². The van der Waals surface area contributed by atoms with Crippen LogP contribution in [0.3, 0.4) is 0 Å². The van der Waals surface area contributed by atoms with Crippen molar-refractivity contribution in [1.29, 1.82) is 0 Å². The van der Waals surface area contributed by atoms with Gasteiger partial charge in [-0.3, -0.25) is 0 Å². The summed E-state index contributed by atoms with van der Waals surface area (Å²) in [5.41, 5.74) is 2.09. The summed E-state index contributed by atoms with van der Waals surface area (Å²) in [5.74, 6) is 1.46. The van der Waals surface area contributed by atoms with Gasteiger partial charge in [0.1, 0.15) is 11.5 Å². The van der Waals surface area contributed by atoms with E-state index in [4.69, 9.17) is 18.9 Å². The zero-order chi connectivity index (χ0) is 15.8. The maximum atomic E-state index is 5.71. The molecule has 0 radical (unpaired) electrons. The molecule has 0 saturated heterocycles. The Morgan fingerprint density at radius 2 is 1.50 bits per heavy atom. The third-order valence-corrected chi connectivity index (χ3v) is 3.77. The Hall–Kier alpha value is -1.69. The molecule has 0 aromatic heterocycles. The van der Waals surface area contributed by atoms with E-state index in [1.807, 2.05) is 30.5 Å². The van der Waals surface area contributed by atoms with Gasteiger partial charge in [0.25, 0.3) is 0 Å². The summed E-state index contributed by atoms with van der Waals surface area (Å²) in [4.78, 5) is 1.03. The Kier molecular flexibility index (Phi) is 6.58. The summed E-state index contributed by atoms with van der Waals surface area (Å²) < 4.78 is 21.3. The minimum atomic E-state index is 0.183. The first kappa shape index (κ1) is 16.7. The minimum Gasteiger partial charge on any atom is -0.467 e. The molecule has 0 saturated carbocycles. The van der Waals surface area contributed by atoms with Crippen LogP contribution < -0.4 is 9.47 Å². The molecule has 0 unspecified atom stereocenters. The Balaban J connectivity index is 2.45. The molecule has 2 rings (SSSR count). The molecule has 0 fully saturated rings. The smallest absolute Gasteiger partial charge is 0.188 e. The molecule has 0 aliphatic rings. The molecule has 0 aliphatic carbocycles. The summed E-state index contributed by atoms with van der Waals surface area (Å²) in [6.45, 7) is 0.379. The van der Waals surface area contributed by atoms with E-state index < -0.39 is 0 Å². The predicted octanol–water partition coefficient (Wildman–Crippen LogP) is 4.04. The fourth-order valence-corrected chi connectivity index (χ4v) is 2.58. The molecule has 0 amide bonds. The van der Waals surface area contributed by atoms with Gasteiger partial charge < -0.3 is 18.9 Å². The SMILES string of the molecule is COCOc1cc(OCOC)c(-c2ccccc2)cc1SC. The molecule has 5 heteroatoms. The van der Waals surface area contributed by atoms with Gasteiger partial charge in [0, 0.05) is 25.8 Å². The Morgan fingerprint density at radius 3 is 2.09 bits per heavy atom. The number of methoxy groups -OCH3 is 2. The van der Waals surface area contributed by atoms with Gasteiger partial charge in [-0.25, -0.2) is 0 Å². The van der Waals surface area contributed by atoms with Crippen molar-refractivity contribution in [3.05, 3.63) is 42.5 Å². The number of hydrogen-bond donors (Lipinski definition) is 0. The lowest BCUT2D eigenvalue weighted by Crippen LogP contribution is -2.04. The van der Waals surface area contributed by atoms with Crippen molar-refractivity contribution in [3.63, 3.8) is 0 Å². The maximum Gasteiger partial charge on any atom is 0.188 e. The normalized spacial score (nSPS) is 10.5. The maximum absolute atomic E-state index is 5.71. The van der Waals surface area contributed by atoms with Crippen LogP contribution in [0.25, 0.3) is 11.1 Å². The van der Waals surface area contributed by atoms with Crippen LogP contribution >= 0.6 is 11.8 Å². The average Bonchev–Trinajstić information content (AvgIpc) is 2.58. The third-order valence-electron chi connectivity index (χ3n) is 3.02. The molecule has 0 spiro atoms. The first-order valence-corrected chi connectivity index (χ1v) is 8.03. The van der Waals surface area contributed by atoms with Gasteiger partial charge in [0.15, 0.2) is 13.6 Å². The first-order chi connectivity index (χ1) is 10.8. The minimum absolute atomic E-state index is 0.183. The fourth-order valence-electron chi connectivity index (χ4n) is 2.02. The van der Waals surface area contributed by atoms with Crippen LogP contribution in [0, 0.1) is 0 Å². The van der Waals surface area contributed by atoms with E-state index >= 15 is 0 Å². The molecule has 4 nitrogen and oxygen atoms in total. The molecule has 22 heavy (non-hydrogen) atoms. The highest BCUT2D eigenvalue weighted by Crippen LogP contribution is 2.39. The standard InChI is InChI=1S/C17H20O4S/c1-18-11-20-15-10-16(21-12-19-2)17(22-3)9-14(15)13-7-5-4-6-8-13/h4-10H,11-12H2,1-3H3. The summed E-state index contributed by atoms with van der Waals surface area (Å²) in [6.07, 6.45) is 2.01. The van der Waals surface area contributed by atoms with E-state index in [-0.39, 0.29) is 13.6 Å². The number of ether oxygens (including phenoxy) is 4. The van der Waals surface area contributed by atoms with Crippen molar-refractivity contribution in [1.82, 2.24) is 0 Å². The van der Waals surface area contributed by atoms with Crippen molar-refractivity contribution >= 4 is 11.8 Å². The van der Waals surface area contributed by atoms with Crippen LogP contribution in [0.2, 0.25) is 0 Å². The highest BCUT2D eigenvalue weighted by Gasteiger charge is 2.13. The van der Waals surface area contributed by atoms with Gasteiger partial charge in [0.2, 0.25) is 0 Å². The van der Waals surface area contributed by atoms with Crippen molar-refractivity contribution in [2.45, 2.75) is 4.90 Å². The molecule has 2 aromatic carbocycles. The number of hydrogen-bond acceptors (Lipinski definition) is 5. The van der Waals surface area contributed by atoms with Crippen molar-refractivity contribution in [3.8, 4) is 22.6 Å². The highest BCUT2D eigenvalue weighted by atomic mass is 32.2. The molecule has 0 atom stereocenters. The van der Waals surface area contributed by atoms with Crippen LogP contribution in [-0.4, -0.2) is 34.1 Å². The lowest BCUT2D eigenvalue weighted by Gasteiger charge is -2.16. The van der Waals surface area contributed by atoms with Crippen LogP contribution in [0.4, 0.5) is 0 Å². The van der Waals surface area contributed by atoms with Crippen molar-refractivity contribution in [2.75, 3.05) is 34.1 Å². The van der Waals surface area contributed by atoms with Crippen molar-refractivity contribution in [2.24, 2.45) is 0 Å². The molecule has 0 bridgehead atoms. The van der Waals surface area contributed by atoms with E-state index in [0.29, 0.717) is 0 Å². The van der Waals surface area contributed by atoms with E-state index in [9.17, 15) is 0 Å². The molecule has 118 valence electrons. The lowest BCUT2D eigenvalue weighted by atomic mass is 10.0. The summed E-state index contributed by atoms with van der Waals surface area (Å²) in [5, 5.41) is 0. The molecule has 0 aliphatic heterocycles. The second-order valence-corrected chi connectivity index (χ2v) is 5.32. The number of rotatable bonds is 8. The van der Waals surface area contributed by atoms with Crippen LogP contribution in [0.15, 0.2) is 47.4 Å². The fraction of sp³-hybridized carbons (Fsp3) is 0.294. The van der Waals surface area contributed by atoms with Gasteiger partial charge in [-0.15, -0.1) is 11.8 Å². The van der Waals surface area contributed by atoms with Gasteiger partial charge in [-0.05, 0) is 17.9 Å². The molecule has 2 aromatic rings. The Bertz CT molecular complexity index is 587. The second kappa shape index (κ2) is 8.68. The molecular formula is C17H20O4S. The first-order valence-electron chi connectivity index (χ1n) is 6.81. The largest absolute Gasteiger partial charge is 0.467 e. The quantitative estimate of drug-likeness (QED) is 0.542. The van der Waals surface area contributed by atoms with E-state index in [1.54, 1.807) is 26.0 Å². The summed E-state index contributed by atoms with van der Waals surface area (Å²) in [6, 6.07) is 14.0. The lowest BCUT2D eigenvalue weighted by molar-refractivity contribution is 0.0449. The van der Waals surface area contributed by atoms with Gasteiger partial charge in [-0.1, -0.05) is 30.3 Å². The van der Waals surface area contributed by atoms with Gasteiger partial charge >= 0.3 is 0 Å². The Labute approximate surface area is 135 Å². The zero-order valence-electron chi connectivity index (χ0n) is 13.0. The molecule has 0 heterocycles. The predicted molar refractivity (Wildman–Crippen MR) is 88.7 cm³/mol. The number of thioether (sulfide) groups is 1. The zero-order valence-corrected chi connectivity index (χ0v) is 13.8. The topological polar surface area (TPSA) is 36.9 Å². The molecular weight excluding hydrogens is 300 g/mol. The monoisotopic (exact) mass is 320 g/mol. The van der Waals surface area contributed by atoms with Gasteiger partial charge in [-0.2, -0.15) is 0 Å². The number of benzene rings is 2. The van der Waals surface area contributed by atoms with E-state index in [1.165, 1.54) is 0 Å². The van der Waals surface area contributed by atoms with E-state index in [2.05, 4.69) is 18.2 Å². The molecule has 0 N–H and O–H groups in total. The van der Waals surface area contributed by atoms with Gasteiger partial charge in [0.05, 0.1) is 4.90 Å². The van der Waals surface area contributed by atoms with Crippen LogP contribution in [0.5, 0.6) is 11.5 Å². The van der Waals surface area contributed by atoms with Crippen molar-refractivity contribution < 1.29 is 18.9 Å². The summed E-state index contributed by atoms with van der Waals surface area (Å²) in [7, 11) is 3.19. The highest BCUT2D eigenvalue weighted by molar-refractivity contribution is 7.98. The van der Waals surface area contributed by atoms with Crippen LogP contribution in [0.1, 0.15) is 0 Å². The summed E-state index contributed by atoms with van der Waals surface area (Å²) >= 11 is 1.62.